The van der Waals surface area contributed by atoms with Crippen LogP contribution in [0.1, 0.15) is 16.2 Å². The van der Waals surface area contributed by atoms with Crippen molar-refractivity contribution in [3.8, 4) is 10.8 Å². The molecule has 2 aromatic heterocycles. The van der Waals surface area contributed by atoms with Gasteiger partial charge < -0.3 is 4.52 Å². The molecule has 2 heterocycles. The molecule has 0 aliphatic carbocycles. The van der Waals surface area contributed by atoms with Crippen LogP contribution in [0.25, 0.3) is 10.8 Å². The average molecular weight is 291 g/mol. The van der Waals surface area contributed by atoms with Crippen molar-refractivity contribution < 1.29 is 9.32 Å². The van der Waals surface area contributed by atoms with Crippen molar-refractivity contribution >= 4 is 28.7 Å². The fraction of sp³-hybridized carbons (Fsp3) is 0. The first-order chi connectivity index (χ1) is 9.24. The Hall–Kier alpha value is -1.98. The number of hydrogen-bond acceptors (Lipinski definition) is 5. The fourth-order valence-electron chi connectivity index (χ4n) is 1.55. The summed E-state index contributed by atoms with van der Waals surface area (Å²) in [6.07, 6.45) is 0. The number of hydrogen-bond donors (Lipinski definition) is 0. The molecule has 3 aromatic rings. The predicted molar refractivity (Wildman–Crippen MR) is 72.5 cm³/mol. The van der Waals surface area contributed by atoms with Crippen molar-refractivity contribution in [1.29, 1.82) is 0 Å². The summed E-state index contributed by atoms with van der Waals surface area (Å²) in [5.41, 5.74) is 0.475. The summed E-state index contributed by atoms with van der Waals surface area (Å²) in [5, 5.41) is 6.19. The molecule has 0 radical (unpaired) electrons. The number of thiophene rings is 1. The number of benzene rings is 1. The number of ketones is 1. The molecule has 0 unspecified atom stereocenters. The zero-order valence-electron chi connectivity index (χ0n) is 9.54. The molecule has 6 heteroatoms. The highest BCUT2D eigenvalue weighted by Crippen LogP contribution is 2.23. The van der Waals surface area contributed by atoms with Crippen molar-refractivity contribution in [2.75, 3.05) is 0 Å². The largest absolute Gasteiger partial charge is 0.333 e. The summed E-state index contributed by atoms with van der Waals surface area (Å²) in [6.45, 7) is 0. The van der Waals surface area contributed by atoms with E-state index in [4.69, 9.17) is 16.1 Å². The van der Waals surface area contributed by atoms with E-state index in [1.807, 2.05) is 17.5 Å². The van der Waals surface area contributed by atoms with E-state index in [1.165, 1.54) is 11.3 Å². The molecule has 0 saturated heterocycles. The van der Waals surface area contributed by atoms with Crippen molar-refractivity contribution in [2.45, 2.75) is 0 Å². The Morgan fingerprint density at radius 2 is 2.00 bits per heavy atom. The molecule has 0 aliphatic rings. The van der Waals surface area contributed by atoms with Gasteiger partial charge in [0.25, 0.3) is 5.89 Å². The van der Waals surface area contributed by atoms with E-state index in [0.717, 1.165) is 4.88 Å². The zero-order valence-corrected chi connectivity index (χ0v) is 11.1. The highest BCUT2D eigenvalue weighted by molar-refractivity contribution is 7.13. The van der Waals surface area contributed by atoms with Gasteiger partial charge in [0.2, 0.25) is 11.6 Å². The van der Waals surface area contributed by atoms with E-state index >= 15 is 0 Å². The van der Waals surface area contributed by atoms with Gasteiger partial charge in [-0.2, -0.15) is 4.98 Å². The van der Waals surface area contributed by atoms with Crippen LogP contribution < -0.4 is 0 Å². The second-order valence-corrected chi connectivity index (χ2v) is 5.12. The SMILES string of the molecule is O=C(c1ccc(Cl)cc1)c1noc(-c2cccs2)n1. The van der Waals surface area contributed by atoms with Gasteiger partial charge in [-0.3, -0.25) is 4.79 Å². The monoisotopic (exact) mass is 290 g/mol. The van der Waals surface area contributed by atoms with Gasteiger partial charge in [0, 0.05) is 10.6 Å². The van der Waals surface area contributed by atoms with Crippen LogP contribution in [0.3, 0.4) is 0 Å². The van der Waals surface area contributed by atoms with Crippen molar-refractivity contribution in [3.05, 3.63) is 58.2 Å². The van der Waals surface area contributed by atoms with Crippen LogP contribution in [0, 0.1) is 0 Å². The van der Waals surface area contributed by atoms with E-state index in [-0.39, 0.29) is 11.6 Å². The first-order valence-electron chi connectivity index (χ1n) is 5.42. The Balaban J connectivity index is 1.90. The smallest absolute Gasteiger partial charge is 0.268 e. The van der Waals surface area contributed by atoms with Gasteiger partial charge in [-0.1, -0.05) is 22.8 Å². The Morgan fingerprint density at radius 3 is 2.68 bits per heavy atom. The second kappa shape index (κ2) is 4.95. The van der Waals surface area contributed by atoms with Crippen LogP contribution in [0.5, 0.6) is 0 Å². The maximum atomic E-state index is 12.1. The minimum atomic E-state index is -0.289. The Kier molecular flexibility index (Phi) is 3.15. The maximum Gasteiger partial charge on any atom is 0.268 e. The minimum absolute atomic E-state index is 0.0470. The van der Waals surface area contributed by atoms with Crippen LogP contribution in [-0.2, 0) is 0 Å². The Bertz CT molecular complexity index is 705. The fourth-order valence-corrected chi connectivity index (χ4v) is 2.32. The van der Waals surface area contributed by atoms with Gasteiger partial charge in [0.1, 0.15) is 0 Å². The number of nitrogens with zero attached hydrogens (tertiary/aromatic N) is 2. The normalized spacial score (nSPS) is 10.6. The van der Waals surface area contributed by atoms with Gasteiger partial charge in [0.05, 0.1) is 4.88 Å². The first kappa shape index (κ1) is 12.1. The second-order valence-electron chi connectivity index (χ2n) is 3.74. The molecule has 3 rings (SSSR count). The third kappa shape index (κ3) is 2.43. The van der Waals surface area contributed by atoms with Crippen LogP contribution in [0.2, 0.25) is 5.02 Å². The van der Waals surface area contributed by atoms with Crippen LogP contribution >= 0.6 is 22.9 Å². The molecule has 0 atom stereocenters. The lowest BCUT2D eigenvalue weighted by Crippen LogP contribution is -2.03. The molecule has 0 fully saturated rings. The van der Waals surface area contributed by atoms with Gasteiger partial charge in [-0.05, 0) is 35.7 Å². The van der Waals surface area contributed by atoms with Gasteiger partial charge in [0.15, 0.2) is 0 Å². The highest BCUT2D eigenvalue weighted by atomic mass is 35.5. The van der Waals surface area contributed by atoms with Crippen molar-refractivity contribution in [1.82, 2.24) is 10.1 Å². The maximum absolute atomic E-state index is 12.1. The topological polar surface area (TPSA) is 56.0 Å². The lowest BCUT2D eigenvalue weighted by molar-refractivity contribution is 0.102. The predicted octanol–water partition coefficient (Wildman–Crippen LogP) is 3.68. The lowest BCUT2D eigenvalue weighted by Gasteiger charge is -1.95. The molecule has 4 nitrogen and oxygen atoms in total. The van der Waals surface area contributed by atoms with Crippen LogP contribution in [0.4, 0.5) is 0 Å². The Labute approximate surface area is 117 Å². The highest BCUT2D eigenvalue weighted by Gasteiger charge is 2.17. The van der Waals surface area contributed by atoms with Crippen molar-refractivity contribution in [3.63, 3.8) is 0 Å². The first-order valence-corrected chi connectivity index (χ1v) is 6.67. The quantitative estimate of drug-likeness (QED) is 0.690. The van der Waals surface area contributed by atoms with Gasteiger partial charge in [-0.25, -0.2) is 0 Å². The van der Waals surface area contributed by atoms with Gasteiger partial charge in [-0.15, -0.1) is 11.3 Å². The summed E-state index contributed by atoms with van der Waals surface area (Å²) in [7, 11) is 0. The number of carbonyl (C=O) groups is 1. The Morgan fingerprint density at radius 1 is 1.21 bits per heavy atom. The molecule has 19 heavy (non-hydrogen) atoms. The molecule has 0 N–H and O–H groups in total. The molecule has 0 spiro atoms. The third-order valence-corrected chi connectivity index (χ3v) is 3.58. The number of rotatable bonds is 3. The lowest BCUT2D eigenvalue weighted by atomic mass is 10.1. The van der Waals surface area contributed by atoms with E-state index in [2.05, 4.69) is 10.1 Å². The molecular weight excluding hydrogens is 284 g/mol. The third-order valence-electron chi connectivity index (χ3n) is 2.47. The van der Waals surface area contributed by atoms with E-state index in [0.29, 0.717) is 16.5 Å². The summed E-state index contributed by atoms with van der Waals surface area (Å²) < 4.78 is 5.08. The molecular formula is C13H7ClN2O2S. The summed E-state index contributed by atoms with van der Waals surface area (Å²) in [5.74, 6) is 0.112. The zero-order chi connectivity index (χ0) is 13.2. The average Bonchev–Trinajstić information content (AvgIpc) is 3.10. The van der Waals surface area contributed by atoms with E-state index in [9.17, 15) is 4.79 Å². The molecule has 0 saturated carbocycles. The van der Waals surface area contributed by atoms with Gasteiger partial charge >= 0.3 is 0 Å². The van der Waals surface area contributed by atoms with Crippen LogP contribution in [0.15, 0.2) is 46.3 Å². The minimum Gasteiger partial charge on any atom is -0.333 e. The molecule has 1 aromatic carbocycles. The van der Waals surface area contributed by atoms with Crippen molar-refractivity contribution in [2.24, 2.45) is 0 Å². The number of aromatic nitrogens is 2. The summed E-state index contributed by atoms with van der Waals surface area (Å²) in [6, 6.07) is 10.3. The van der Waals surface area contributed by atoms with E-state index < -0.39 is 0 Å². The standard InChI is InChI=1S/C13H7ClN2O2S/c14-9-5-3-8(4-6-9)11(17)12-15-13(18-16-12)10-2-1-7-19-10/h1-7H. The summed E-state index contributed by atoms with van der Waals surface area (Å²) in [4.78, 5) is 17.1. The molecule has 0 aliphatic heterocycles. The molecule has 0 bridgehead atoms. The van der Waals surface area contributed by atoms with E-state index in [1.54, 1.807) is 24.3 Å². The number of halogens is 1. The number of carbonyl (C=O) groups excluding carboxylic acids is 1. The summed E-state index contributed by atoms with van der Waals surface area (Å²) >= 11 is 7.25. The van der Waals surface area contributed by atoms with Crippen LogP contribution in [-0.4, -0.2) is 15.9 Å². The molecule has 0 amide bonds. The molecule has 94 valence electrons.